The topological polar surface area (TPSA) is 95.7 Å². The molecule has 0 atom stereocenters. The van der Waals surface area contributed by atoms with Crippen LogP contribution in [0.5, 0.6) is 11.5 Å². The summed E-state index contributed by atoms with van der Waals surface area (Å²) >= 11 is 1.08. The molecule has 1 aromatic carbocycles. The number of hydrogen-bond acceptors (Lipinski definition) is 6. The minimum Gasteiger partial charge on any atom is -0.454 e. The number of rotatable bonds is 5. The summed E-state index contributed by atoms with van der Waals surface area (Å²) in [4.78, 5) is 12.6. The summed E-state index contributed by atoms with van der Waals surface area (Å²) in [6.07, 6.45) is 0.814. The Bertz CT molecular complexity index is 870. The third kappa shape index (κ3) is 3.10. The molecule has 0 saturated heterocycles. The molecule has 2 heterocycles. The molecule has 1 aliphatic rings. The summed E-state index contributed by atoms with van der Waals surface area (Å²) in [5.41, 5.74) is 1.77. The van der Waals surface area contributed by atoms with Crippen molar-refractivity contribution in [1.82, 2.24) is 0 Å². The first-order valence-electron chi connectivity index (χ1n) is 6.95. The molecule has 6 nitrogen and oxygen atoms in total. The van der Waals surface area contributed by atoms with Crippen molar-refractivity contribution in [2.75, 3.05) is 6.79 Å². The minimum atomic E-state index is -3.91. The average molecular weight is 353 g/mol. The van der Waals surface area contributed by atoms with Gasteiger partial charge in [0, 0.05) is 6.42 Å². The fraction of sp³-hybridized carbons (Fsp3) is 0.267. The molecular formula is C15H15NO5S2. The van der Waals surface area contributed by atoms with Gasteiger partial charge in [-0.3, -0.25) is 4.79 Å². The maximum absolute atomic E-state index is 12.5. The quantitative estimate of drug-likeness (QED) is 0.831. The van der Waals surface area contributed by atoms with Gasteiger partial charge in [0.15, 0.2) is 17.3 Å². The van der Waals surface area contributed by atoms with Crippen LogP contribution in [0.25, 0.3) is 0 Å². The number of aryl methyl sites for hydroxylation is 1. The first kappa shape index (κ1) is 16.0. The zero-order chi connectivity index (χ0) is 16.6. The standard InChI is InChI=1S/C15H15NO5S2/c1-2-9-6-12-13(21-8-20-12)7-10(9)5-11(17)15-14(3-4-22-15)23(16,18)19/h3-4,6-7H,2,5,8H2,1H3,(H2,16,18,19). The number of Topliss-reactive ketones (excluding diaryl/α,β-unsaturated/α-hetero) is 1. The second kappa shape index (κ2) is 5.95. The number of benzene rings is 1. The molecule has 0 spiro atoms. The van der Waals surface area contributed by atoms with E-state index in [0.29, 0.717) is 11.5 Å². The highest BCUT2D eigenvalue weighted by Gasteiger charge is 2.23. The van der Waals surface area contributed by atoms with Crippen molar-refractivity contribution < 1.29 is 22.7 Å². The highest BCUT2D eigenvalue weighted by Crippen LogP contribution is 2.35. The van der Waals surface area contributed by atoms with Crippen LogP contribution in [0.3, 0.4) is 0 Å². The number of carbonyl (C=O) groups is 1. The molecule has 23 heavy (non-hydrogen) atoms. The van der Waals surface area contributed by atoms with Gasteiger partial charge in [0.2, 0.25) is 16.8 Å². The number of hydrogen-bond donors (Lipinski definition) is 1. The SMILES string of the molecule is CCc1cc2c(cc1CC(=O)c1sccc1S(N)(=O)=O)OCO2. The van der Waals surface area contributed by atoms with Crippen molar-refractivity contribution in [3.63, 3.8) is 0 Å². The van der Waals surface area contributed by atoms with E-state index in [1.165, 1.54) is 6.07 Å². The van der Waals surface area contributed by atoms with Crippen LogP contribution >= 0.6 is 11.3 Å². The predicted molar refractivity (Wildman–Crippen MR) is 85.7 cm³/mol. The molecule has 0 amide bonds. The van der Waals surface area contributed by atoms with Crippen LogP contribution in [0.1, 0.15) is 27.7 Å². The third-order valence-corrected chi connectivity index (χ3v) is 5.65. The lowest BCUT2D eigenvalue weighted by molar-refractivity contribution is 0.0993. The van der Waals surface area contributed by atoms with E-state index >= 15 is 0 Å². The molecule has 0 radical (unpaired) electrons. The minimum absolute atomic E-state index is 0.0862. The van der Waals surface area contributed by atoms with E-state index in [4.69, 9.17) is 14.6 Å². The summed E-state index contributed by atoms with van der Waals surface area (Å²) in [6.45, 7) is 2.14. The molecule has 1 aromatic heterocycles. The largest absolute Gasteiger partial charge is 0.454 e. The first-order chi connectivity index (χ1) is 10.9. The van der Waals surface area contributed by atoms with Gasteiger partial charge in [-0.05, 0) is 41.1 Å². The Morgan fingerprint density at radius 1 is 1.26 bits per heavy atom. The van der Waals surface area contributed by atoms with Gasteiger partial charge in [0.25, 0.3) is 0 Å². The lowest BCUT2D eigenvalue weighted by Crippen LogP contribution is -2.15. The Balaban J connectivity index is 1.94. The fourth-order valence-electron chi connectivity index (χ4n) is 2.50. The van der Waals surface area contributed by atoms with Gasteiger partial charge in [0.1, 0.15) is 4.90 Å². The zero-order valence-electron chi connectivity index (χ0n) is 12.4. The normalized spacial score (nSPS) is 13.3. The van der Waals surface area contributed by atoms with E-state index in [-0.39, 0.29) is 28.8 Å². The molecule has 3 rings (SSSR count). The predicted octanol–water partition coefficient (Wildman–Crippen LogP) is 2.11. The Hall–Kier alpha value is -1.90. The van der Waals surface area contributed by atoms with Crippen molar-refractivity contribution in [3.05, 3.63) is 39.6 Å². The van der Waals surface area contributed by atoms with E-state index in [2.05, 4.69) is 0 Å². The second-order valence-electron chi connectivity index (χ2n) is 5.09. The number of fused-ring (bicyclic) bond motifs is 1. The van der Waals surface area contributed by atoms with Crippen LogP contribution in [-0.2, 0) is 22.9 Å². The van der Waals surface area contributed by atoms with E-state index in [1.807, 2.05) is 13.0 Å². The van der Waals surface area contributed by atoms with Gasteiger partial charge in [0.05, 0.1) is 4.88 Å². The Kier molecular flexibility index (Phi) is 4.13. The third-order valence-electron chi connectivity index (χ3n) is 3.62. The van der Waals surface area contributed by atoms with Crippen molar-refractivity contribution >= 4 is 27.1 Å². The number of ketones is 1. The van der Waals surface area contributed by atoms with Crippen LogP contribution in [0, 0.1) is 0 Å². The van der Waals surface area contributed by atoms with Gasteiger partial charge in [-0.15, -0.1) is 11.3 Å². The Morgan fingerprint density at radius 3 is 2.52 bits per heavy atom. The van der Waals surface area contributed by atoms with E-state index in [0.717, 1.165) is 28.9 Å². The summed E-state index contributed by atoms with van der Waals surface area (Å²) in [5.74, 6) is 0.986. The summed E-state index contributed by atoms with van der Waals surface area (Å²) in [6, 6.07) is 5.00. The average Bonchev–Trinajstić information content (AvgIpc) is 3.14. The van der Waals surface area contributed by atoms with Crippen LogP contribution in [0.2, 0.25) is 0 Å². The summed E-state index contributed by atoms with van der Waals surface area (Å²) in [7, 11) is -3.91. The molecule has 0 saturated carbocycles. The van der Waals surface area contributed by atoms with Crippen molar-refractivity contribution in [2.45, 2.75) is 24.7 Å². The lowest BCUT2D eigenvalue weighted by atomic mass is 9.99. The van der Waals surface area contributed by atoms with Gasteiger partial charge in [-0.1, -0.05) is 6.92 Å². The maximum Gasteiger partial charge on any atom is 0.239 e. The van der Waals surface area contributed by atoms with Gasteiger partial charge in [-0.25, -0.2) is 13.6 Å². The fourth-order valence-corrected chi connectivity index (χ4v) is 4.43. The molecule has 0 aliphatic carbocycles. The van der Waals surface area contributed by atoms with E-state index in [9.17, 15) is 13.2 Å². The smallest absolute Gasteiger partial charge is 0.239 e. The Labute approximate surface area is 137 Å². The monoisotopic (exact) mass is 353 g/mol. The van der Waals surface area contributed by atoms with Crippen molar-refractivity contribution in [3.8, 4) is 11.5 Å². The summed E-state index contributed by atoms with van der Waals surface area (Å²) < 4.78 is 33.8. The molecule has 0 unspecified atom stereocenters. The molecule has 122 valence electrons. The summed E-state index contributed by atoms with van der Waals surface area (Å²) in [5, 5.41) is 6.70. The number of sulfonamides is 1. The van der Waals surface area contributed by atoms with Crippen molar-refractivity contribution in [2.24, 2.45) is 5.14 Å². The van der Waals surface area contributed by atoms with Gasteiger partial charge < -0.3 is 9.47 Å². The lowest BCUT2D eigenvalue weighted by Gasteiger charge is -2.09. The van der Waals surface area contributed by atoms with Crippen LogP contribution in [-0.4, -0.2) is 21.0 Å². The highest BCUT2D eigenvalue weighted by atomic mass is 32.2. The molecule has 1 aliphatic heterocycles. The van der Waals surface area contributed by atoms with Gasteiger partial charge in [-0.2, -0.15) is 0 Å². The first-order valence-corrected chi connectivity index (χ1v) is 9.37. The van der Waals surface area contributed by atoms with Crippen LogP contribution < -0.4 is 14.6 Å². The highest BCUT2D eigenvalue weighted by molar-refractivity contribution is 7.89. The molecular weight excluding hydrogens is 338 g/mol. The van der Waals surface area contributed by atoms with E-state index < -0.39 is 10.0 Å². The molecule has 8 heteroatoms. The number of primary sulfonamides is 1. The number of nitrogens with two attached hydrogens (primary N) is 1. The van der Waals surface area contributed by atoms with Gasteiger partial charge >= 0.3 is 0 Å². The van der Waals surface area contributed by atoms with Crippen LogP contribution in [0.15, 0.2) is 28.5 Å². The number of carbonyl (C=O) groups excluding carboxylic acids is 1. The molecule has 2 N–H and O–H groups in total. The molecule has 0 bridgehead atoms. The molecule has 0 fully saturated rings. The maximum atomic E-state index is 12.5. The second-order valence-corrected chi connectivity index (χ2v) is 7.53. The number of thiophene rings is 1. The zero-order valence-corrected chi connectivity index (χ0v) is 14.0. The van der Waals surface area contributed by atoms with Crippen LogP contribution in [0.4, 0.5) is 0 Å². The molecule has 2 aromatic rings. The van der Waals surface area contributed by atoms with E-state index in [1.54, 1.807) is 11.4 Å². The number of ether oxygens (including phenoxy) is 2. The van der Waals surface area contributed by atoms with Crippen molar-refractivity contribution in [1.29, 1.82) is 0 Å². The Morgan fingerprint density at radius 2 is 1.91 bits per heavy atom.